The number of ether oxygens (including phenoxy) is 1. The minimum absolute atomic E-state index is 0.325. The van der Waals surface area contributed by atoms with E-state index in [4.69, 9.17) is 9.29 Å². The standard InChI is InChI=1S/C16H18O4S/c1-12(17)16(20-11-13-5-3-2-4-6-13)14-7-9-15(10-8-14)21(18)19/h2-10,12,16-17H,11H2,1H3,(H,18,19)/t12-,16?/m0/s1. The average molecular weight is 306 g/mol. The normalized spacial score (nSPS) is 15.4. The van der Waals surface area contributed by atoms with Gasteiger partial charge in [-0.05, 0) is 30.2 Å². The highest BCUT2D eigenvalue weighted by molar-refractivity contribution is 7.79. The Labute approximate surface area is 126 Å². The molecule has 21 heavy (non-hydrogen) atoms. The maximum Gasteiger partial charge on any atom is 0.186 e. The molecule has 0 aliphatic carbocycles. The average Bonchev–Trinajstić information content (AvgIpc) is 2.48. The topological polar surface area (TPSA) is 66.8 Å². The largest absolute Gasteiger partial charge is 0.390 e. The third-order valence-electron chi connectivity index (χ3n) is 3.12. The van der Waals surface area contributed by atoms with E-state index in [9.17, 15) is 9.32 Å². The van der Waals surface area contributed by atoms with Gasteiger partial charge in [0.1, 0.15) is 6.10 Å². The van der Waals surface area contributed by atoms with Crippen LogP contribution in [0.5, 0.6) is 0 Å². The summed E-state index contributed by atoms with van der Waals surface area (Å²) in [5.74, 6) is 0. The first-order valence-electron chi connectivity index (χ1n) is 6.62. The summed E-state index contributed by atoms with van der Waals surface area (Å²) < 4.78 is 25.8. The van der Waals surface area contributed by atoms with Crippen LogP contribution in [0.25, 0.3) is 0 Å². The molecule has 4 nitrogen and oxygen atoms in total. The predicted octanol–water partition coefficient (Wildman–Crippen LogP) is 2.91. The van der Waals surface area contributed by atoms with E-state index in [0.717, 1.165) is 11.1 Å². The molecule has 2 rings (SSSR count). The molecule has 112 valence electrons. The van der Waals surface area contributed by atoms with Crippen LogP contribution in [0, 0.1) is 0 Å². The van der Waals surface area contributed by atoms with E-state index in [0.29, 0.717) is 11.5 Å². The number of aliphatic hydroxyl groups is 1. The van der Waals surface area contributed by atoms with Crippen molar-refractivity contribution in [3.63, 3.8) is 0 Å². The van der Waals surface area contributed by atoms with Crippen LogP contribution in [-0.2, 0) is 22.4 Å². The summed E-state index contributed by atoms with van der Waals surface area (Å²) in [7, 11) is 0. The molecule has 0 spiro atoms. The van der Waals surface area contributed by atoms with Gasteiger partial charge in [-0.2, -0.15) is 0 Å². The fourth-order valence-corrected chi connectivity index (χ4v) is 2.42. The monoisotopic (exact) mass is 306 g/mol. The van der Waals surface area contributed by atoms with E-state index in [1.807, 2.05) is 30.3 Å². The van der Waals surface area contributed by atoms with Crippen LogP contribution in [0.3, 0.4) is 0 Å². The van der Waals surface area contributed by atoms with E-state index in [1.54, 1.807) is 31.2 Å². The Morgan fingerprint density at radius 3 is 2.24 bits per heavy atom. The van der Waals surface area contributed by atoms with Crippen LogP contribution in [0.1, 0.15) is 24.2 Å². The summed E-state index contributed by atoms with van der Waals surface area (Å²) in [6.07, 6.45) is -1.16. The first-order chi connectivity index (χ1) is 10.1. The van der Waals surface area contributed by atoms with Gasteiger partial charge in [0.05, 0.1) is 17.6 Å². The molecule has 0 aromatic heterocycles. The Hall–Kier alpha value is -1.53. The lowest BCUT2D eigenvalue weighted by Crippen LogP contribution is -2.18. The summed E-state index contributed by atoms with van der Waals surface area (Å²) in [5, 5.41) is 9.89. The van der Waals surface area contributed by atoms with Gasteiger partial charge in [-0.1, -0.05) is 42.5 Å². The molecule has 0 bridgehead atoms. The van der Waals surface area contributed by atoms with E-state index >= 15 is 0 Å². The molecular weight excluding hydrogens is 288 g/mol. The van der Waals surface area contributed by atoms with Gasteiger partial charge in [0, 0.05) is 0 Å². The van der Waals surface area contributed by atoms with Crippen LogP contribution in [0.15, 0.2) is 59.5 Å². The molecular formula is C16H18O4S. The van der Waals surface area contributed by atoms with Gasteiger partial charge in [-0.25, -0.2) is 4.21 Å². The van der Waals surface area contributed by atoms with Crippen molar-refractivity contribution in [2.24, 2.45) is 0 Å². The molecule has 0 heterocycles. The minimum atomic E-state index is -2.00. The SMILES string of the molecule is C[C@H](O)C(OCc1ccccc1)c1ccc(S(=O)O)cc1. The smallest absolute Gasteiger partial charge is 0.186 e. The van der Waals surface area contributed by atoms with Crippen molar-refractivity contribution in [1.29, 1.82) is 0 Å². The molecule has 2 N–H and O–H groups in total. The molecule has 0 aliphatic heterocycles. The van der Waals surface area contributed by atoms with Crippen LogP contribution < -0.4 is 0 Å². The highest BCUT2D eigenvalue weighted by Gasteiger charge is 2.18. The van der Waals surface area contributed by atoms with Crippen molar-refractivity contribution in [2.75, 3.05) is 0 Å². The van der Waals surface area contributed by atoms with E-state index in [-0.39, 0.29) is 0 Å². The van der Waals surface area contributed by atoms with Gasteiger partial charge in [0.25, 0.3) is 0 Å². The van der Waals surface area contributed by atoms with Crippen molar-refractivity contribution in [1.82, 2.24) is 0 Å². The van der Waals surface area contributed by atoms with E-state index in [1.165, 1.54) is 0 Å². The molecule has 0 saturated heterocycles. The summed E-state index contributed by atoms with van der Waals surface area (Å²) in [5.41, 5.74) is 1.80. The second-order valence-corrected chi connectivity index (χ2v) is 5.75. The summed E-state index contributed by atoms with van der Waals surface area (Å²) in [4.78, 5) is 0.325. The molecule has 2 unspecified atom stereocenters. The highest BCUT2D eigenvalue weighted by atomic mass is 32.2. The Morgan fingerprint density at radius 2 is 1.71 bits per heavy atom. The zero-order valence-electron chi connectivity index (χ0n) is 11.7. The van der Waals surface area contributed by atoms with Gasteiger partial charge >= 0.3 is 0 Å². The van der Waals surface area contributed by atoms with E-state index < -0.39 is 23.3 Å². The zero-order valence-corrected chi connectivity index (χ0v) is 12.5. The Morgan fingerprint density at radius 1 is 1.10 bits per heavy atom. The Balaban J connectivity index is 2.09. The van der Waals surface area contributed by atoms with Gasteiger partial charge in [-0.15, -0.1) is 0 Å². The highest BCUT2D eigenvalue weighted by Crippen LogP contribution is 2.24. The van der Waals surface area contributed by atoms with E-state index in [2.05, 4.69) is 0 Å². The number of hydrogen-bond donors (Lipinski definition) is 2. The quantitative estimate of drug-likeness (QED) is 0.805. The van der Waals surface area contributed by atoms with Gasteiger partial charge < -0.3 is 14.4 Å². The summed E-state index contributed by atoms with van der Waals surface area (Å²) in [6, 6.07) is 16.2. The number of hydrogen-bond acceptors (Lipinski definition) is 3. The fourth-order valence-electron chi connectivity index (χ4n) is 2.05. The fraction of sp³-hybridized carbons (Fsp3) is 0.250. The third-order valence-corrected chi connectivity index (χ3v) is 3.80. The molecule has 0 radical (unpaired) electrons. The van der Waals surface area contributed by atoms with Crippen LogP contribution in [0.2, 0.25) is 0 Å². The lowest BCUT2D eigenvalue weighted by atomic mass is 10.1. The number of aliphatic hydroxyl groups excluding tert-OH is 1. The number of benzene rings is 2. The molecule has 0 amide bonds. The van der Waals surface area contributed by atoms with Crippen molar-refractivity contribution < 1.29 is 18.6 Å². The van der Waals surface area contributed by atoms with Crippen molar-refractivity contribution in [2.45, 2.75) is 30.6 Å². The molecule has 2 aromatic carbocycles. The van der Waals surface area contributed by atoms with Gasteiger partial charge in [0.2, 0.25) is 0 Å². The molecule has 0 aliphatic rings. The molecule has 0 saturated carbocycles. The lowest BCUT2D eigenvalue weighted by Gasteiger charge is -2.21. The van der Waals surface area contributed by atoms with Crippen molar-refractivity contribution in [3.05, 3.63) is 65.7 Å². The van der Waals surface area contributed by atoms with Crippen molar-refractivity contribution in [3.8, 4) is 0 Å². The molecule has 3 atom stereocenters. The Bertz CT molecular complexity index is 581. The molecule has 5 heteroatoms. The summed E-state index contributed by atoms with van der Waals surface area (Å²) in [6.45, 7) is 2.05. The summed E-state index contributed by atoms with van der Waals surface area (Å²) >= 11 is -2.00. The van der Waals surface area contributed by atoms with Crippen LogP contribution >= 0.6 is 0 Å². The maximum absolute atomic E-state index is 11.0. The first-order valence-corrected chi connectivity index (χ1v) is 7.73. The molecule has 2 aromatic rings. The van der Waals surface area contributed by atoms with Gasteiger partial charge in [0.15, 0.2) is 11.1 Å². The maximum atomic E-state index is 11.0. The second kappa shape index (κ2) is 7.47. The first kappa shape index (κ1) is 15.9. The lowest BCUT2D eigenvalue weighted by molar-refractivity contribution is -0.0401. The Kier molecular flexibility index (Phi) is 5.64. The third kappa shape index (κ3) is 4.47. The van der Waals surface area contributed by atoms with Gasteiger partial charge in [-0.3, -0.25) is 0 Å². The van der Waals surface area contributed by atoms with Crippen LogP contribution in [0.4, 0.5) is 0 Å². The van der Waals surface area contributed by atoms with Crippen molar-refractivity contribution >= 4 is 11.1 Å². The second-order valence-electron chi connectivity index (χ2n) is 4.78. The van der Waals surface area contributed by atoms with Crippen LogP contribution in [-0.4, -0.2) is 20.0 Å². The molecule has 0 fully saturated rings. The minimum Gasteiger partial charge on any atom is -0.390 e. The number of rotatable bonds is 6. The zero-order chi connectivity index (χ0) is 15.2. The predicted molar refractivity (Wildman–Crippen MR) is 81.1 cm³/mol.